The van der Waals surface area contributed by atoms with Crippen LogP contribution in [0.2, 0.25) is 0 Å². The summed E-state index contributed by atoms with van der Waals surface area (Å²) in [5.74, 6) is 0. The predicted molar refractivity (Wildman–Crippen MR) is 79.5 cm³/mol. The topological polar surface area (TPSA) is 27.3 Å². The summed E-state index contributed by atoms with van der Waals surface area (Å²) in [6, 6.07) is 8.58. The summed E-state index contributed by atoms with van der Waals surface area (Å²) in [5, 5.41) is 2.06. The lowest BCUT2D eigenvalue weighted by atomic mass is 10.2. The van der Waals surface area contributed by atoms with Gasteiger partial charge in [0.15, 0.2) is 0 Å². The van der Waals surface area contributed by atoms with E-state index in [0.29, 0.717) is 0 Å². The Balaban J connectivity index is 2.54. The number of rotatable bonds is 9. The molecule has 0 unspecified atom stereocenters. The van der Waals surface area contributed by atoms with Gasteiger partial charge in [0.1, 0.15) is 0 Å². The lowest BCUT2D eigenvalue weighted by molar-refractivity contribution is 0.503. The van der Waals surface area contributed by atoms with E-state index in [2.05, 4.69) is 61.0 Å². The van der Waals surface area contributed by atoms with Gasteiger partial charge in [-0.3, -0.25) is 0 Å². The minimum absolute atomic E-state index is 1.00. The van der Waals surface area contributed by atoms with E-state index < -0.39 is 0 Å². The number of unbranched alkanes of at least 4 members (excludes halogenated alkanes) is 2. The Bertz CT molecular complexity index is 298. The van der Waals surface area contributed by atoms with Crippen molar-refractivity contribution in [3.63, 3.8) is 0 Å². The molecule has 102 valence electrons. The number of benzene rings is 1. The summed E-state index contributed by atoms with van der Waals surface area (Å²) in [6.07, 6.45) is 4.81. The standard InChI is InChI=1S/C15H27N3/c1-4-6-12-16-18(17-13-7-5-2)15-10-8-14(3)9-11-15/h8-11,16-17H,4-7,12-13H2,1-3H3. The SMILES string of the molecule is CCCCNN(NCCCC)c1ccc(C)cc1. The lowest BCUT2D eigenvalue weighted by Gasteiger charge is -2.26. The zero-order valence-electron chi connectivity index (χ0n) is 12.0. The fourth-order valence-electron chi connectivity index (χ4n) is 1.67. The van der Waals surface area contributed by atoms with Crippen molar-refractivity contribution in [3.05, 3.63) is 29.8 Å². The molecule has 1 rings (SSSR count). The van der Waals surface area contributed by atoms with Crippen LogP contribution in [0.3, 0.4) is 0 Å². The summed E-state index contributed by atoms with van der Waals surface area (Å²) < 4.78 is 0. The second kappa shape index (κ2) is 8.95. The molecule has 0 bridgehead atoms. The van der Waals surface area contributed by atoms with E-state index in [-0.39, 0.29) is 0 Å². The quantitative estimate of drug-likeness (QED) is 0.519. The van der Waals surface area contributed by atoms with E-state index in [4.69, 9.17) is 0 Å². The van der Waals surface area contributed by atoms with E-state index >= 15 is 0 Å². The molecule has 0 amide bonds. The number of aryl methyl sites for hydroxylation is 1. The van der Waals surface area contributed by atoms with Crippen LogP contribution in [0.5, 0.6) is 0 Å². The van der Waals surface area contributed by atoms with E-state index in [1.54, 1.807) is 0 Å². The highest BCUT2D eigenvalue weighted by Crippen LogP contribution is 2.11. The molecule has 0 aliphatic heterocycles. The first-order chi connectivity index (χ1) is 8.77. The average Bonchev–Trinajstić information content (AvgIpc) is 2.38. The molecule has 3 nitrogen and oxygen atoms in total. The van der Waals surface area contributed by atoms with Gasteiger partial charge in [0.2, 0.25) is 0 Å². The number of nitrogens with zero attached hydrogens (tertiary/aromatic N) is 1. The fourth-order valence-corrected chi connectivity index (χ4v) is 1.67. The van der Waals surface area contributed by atoms with Crippen molar-refractivity contribution in [2.45, 2.75) is 46.5 Å². The number of anilines is 1. The molecule has 0 radical (unpaired) electrons. The second-order valence-electron chi connectivity index (χ2n) is 4.69. The van der Waals surface area contributed by atoms with Crippen molar-refractivity contribution < 1.29 is 0 Å². The predicted octanol–water partition coefficient (Wildman–Crippen LogP) is 3.41. The molecule has 0 saturated carbocycles. The highest BCUT2D eigenvalue weighted by molar-refractivity contribution is 5.45. The molecule has 0 atom stereocenters. The first kappa shape index (κ1) is 15.0. The summed E-state index contributed by atoms with van der Waals surface area (Å²) in [7, 11) is 0. The summed E-state index contributed by atoms with van der Waals surface area (Å²) in [4.78, 5) is 0. The van der Waals surface area contributed by atoms with Gasteiger partial charge in [-0.2, -0.15) is 0 Å². The van der Waals surface area contributed by atoms with Crippen molar-refractivity contribution in [1.29, 1.82) is 0 Å². The lowest BCUT2D eigenvalue weighted by Crippen LogP contribution is -2.49. The maximum atomic E-state index is 3.44. The third-order valence-electron chi connectivity index (χ3n) is 2.89. The fraction of sp³-hybridized carbons (Fsp3) is 0.600. The Labute approximate surface area is 112 Å². The molecule has 0 saturated heterocycles. The minimum atomic E-state index is 1.00. The van der Waals surface area contributed by atoms with Crippen LogP contribution < -0.4 is 16.0 Å². The molecule has 1 aromatic carbocycles. The van der Waals surface area contributed by atoms with E-state index in [9.17, 15) is 0 Å². The van der Waals surface area contributed by atoms with Gasteiger partial charge in [-0.25, -0.2) is 16.0 Å². The minimum Gasteiger partial charge on any atom is -0.242 e. The van der Waals surface area contributed by atoms with Gasteiger partial charge in [-0.1, -0.05) is 44.4 Å². The molecule has 1 aromatic rings. The van der Waals surface area contributed by atoms with Gasteiger partial charge in [0.25, 0.3) is 0 Å². The number of hydrogen-bond donors (Lipinski definition) is 2. The molecular formula is C15H27N3. The van der Waals surface area contributed by atoms with Gasteiger partial charge in [0.05, 0.1) is 5.69 Å². The van der Waals surface area contributed by atoms with Crippen molar-refractivity contribution in [2.75, 3.05) is 18.2 Å². The average molecular weight is 249 g/mol. The third-order valence-corrected chi connectivity index (χ3v) is 2.89. The van der Waals surface area contributed by atoms with Crippen LogP contribution in [0.1, 0.15) is 45.1 Å². The molecule has 0 aromatic heterocycles. The molecule has 0 aliphatic rings. The molecule has 0 fully saturated rings. The van der Waals surface area contributed by atoms with Gasteiger partial charge in [-0.05, 0) is 31.9 Å². The monoisotopic (exact) mass is 249 g/mol. The van der Waals surface area contributed by atoms with Crippen molar-refractivity contribution in [3.8, 4) is 0 Å². The Kier molecular flexibility index (Phi) is 7.46. The van der Waals surface area contributed by atoms with Crippen LogP contribution in [0.15, 0.2) is 24.3 Å². The van der Waals surface area contributed by atoms with Crippen LogP contribution in [-0.4, -0.2) is 13.1 Å². The molecule has 2 N–H and O–H groups in total. The molecule has 3 heteroatoms. The van der Waals surface area contributed by atoms with Gasteiger partial charge >= 0.3 is 0 Å². The Morgan fingerprint density at radius 3 is 1.83 bits per heavy atom. The zero-order chi connectivity index (χ0) is 13.2. The smallest absolute Gasteiger partial charge is 0.0702 e. The summed E-state index contributed by atoms with van der Waals surface area (Å²) in [5.41, 5.74) is 9.34. The Morgan fingerprint density at radius 2 is 1.39 bits per heavy atom. The molecule has 0 spiro atoms. The third kappa shape index (κ3) is 5.52. The van der Waals surface area contributed by atoms with Crippen molar-refractivity contribution in [2.24, 2.45) is 0 Å². The second-order valence-corrected chi connectivity index (χ2v) is 4.69. The first-order valence-corrected chi connectivity index (χ1v) is 7.11. The van der Waals surface area contributed by atoms with Crippen LogP contribution >= 0.6 is 0 Å². The van der Waals surface area contributed by atoms with Crippen LogP contribution in [0, 0.1) is 6.92 Å². The van der Waals surface area contributed by atoms with Gasteiger partial charge in [-0.15, -0.1) is 0 Å². The Hall–Kier alpha value is -1.06. The number of hydrogen-bond acceptors (Lipinski definition) is 3. The van der Waals surface area contributed by atoms with E-state index in [1.807, 2.05) is 0 Å². The van der Waals surface area contributed by atoms with Crippen LogP contribution in [0.25, 0.3) is 0 Å². The summed E-state index contributed by atoms with van der Waals surface area (Å²) in [6.45, 7) is 8.54. The maximum Gasteiger partial charge on any atom is 0.0702 e. The van der Waals surface area contributed by atoms with E-state index in [0.717, 1.165) is 13.1 Å². The zero-order valence-corrected chi connectivity index (χ0v) is 12.0. The largest absolute Gasteiger partial charge is 0.242 e. The number of hydrazine groups is 2. The highest BCUT2D eigenvalue weighted by Gasteiger charge is 2.04. The van der Waals surface area contributed by atoms with Gasteiger partial charge < -0.3 is 0 Å². The van der Waals surface area contributed by atoms with Crippen molar-refractivity contribution >= 4 is 5.69 Å². The molecular weight excluding hydrogens is 222 g/mol. The number of nitrogens with one attached hydrogen (secondary N) is 2. The first-order valence-electron chi connectivity index (χ1n) is 7.11. The van der Waals surface area contributed by atoms with E-state index in [1.165, 1.54) is 36.9 Å². The van der Waals surface area contributed by atoms with Crippen LogP contribution in [0.4, 0.5) is 5.69 Å². The molecule has 0 heterocycles. The van der Waals surface area contributed by atoms with Crippen molar-refractivity contribution in [1.82, 2.24) is 10.9 Å². The van der Waals surface area contributed by atoms with Gasteiger partial charge in [0, 0.05) is 13.1 Å². The molecule has 0 aliphatic carbocycles. The molecule has 18 heavy (non-hydrogen) atoms. The summed E-state index contributed by atoms with van der Waals surface area (Å²) >= 11 is 0. The normalized spacial score (nSPS) is 10.6. The Morgan fingerprint density at radius 1 is 0.889 bits per heavy atom. The maximum absolute atomic E-state index is 3.44. The van der Waals surface area contributed by atoms with Crippen LogP contribution in [-0.2, 0) is 0 Å². The highest BCUT2D eigenvalue weighted by atomic mass is 15.7.